The second-order valence-electron chi connectivity index (χ2n) is 9.78. The number of carbonyl (C=O) groups excluding carboxylic acids is 1. The molecule has 1 unspecified atom stereocenters. The highest BCUT2D eigenvalue weighted by Crippen LogP contribution is 2.62. The molecule has 0 spiro atoms. The standard InChI is InChI=1S/C24H34N2O3/c1-15-19(17-8-7-9-18(29-6)20(17)26(15)12-13-28-5)21(27)25-22-23(2,3)16-10-11-24(22,4)14-16/h7-9,16,22H,10-14H2,1-6H3,(H,25,27)/t16?,22-,24+/m1/s1. The Morgan fingerprint density at radius 2 is 2.03 bits per heavy atom. The third kappa shape index (κ3) is 2.97. The summed E-state index contributed by atoms with van der Waals surface area (Å²) in [6.45, 7) is 10.3. The van der Waals surface area contributed by atoms with Gasteiger partial charge in [0.25, 0.3) is 5.91 Å². The van der Waals surface area contributed by atoms with Gasteiger partial charge in [-0.3, -0.25) is 4.79 Å². The van der Waals surface area contributed by atoms with Crippen LogP contribution in [-0.2, 0) is 11.3 Å². The highest BCUT2D eigenvalue weighted by Gasteiger charge is 2.59. The Morgan fingerprint density at radius 1 is 1.28 bits per heavy atom. The van der Waals surface area contributed by atoms with E-state index in [-0.39, 0.29) is 22.8 Å². The Balaban J connectivity index is 1.76. The van der Waals surface area contributed by atoms with E-state index in [1.807, 2.05) is 25.1 Å². The van der Waals surface area contributed by atoms with Crippen molar-refractivity contribution >= 4 is 16.8 Å². The maximum Gasteiger partial charge on any atom is 0.253 e. The Morgan fingerprint density at radius 3 is 2.66 bits per heavy atom. The van der Waals surface area contributed by atoms with Crippen LogP contribution in [0, 0.1) is 23.7 Å². The smallest absolute Gasteiger partial charge is 0.253 e. The minimum atomic E-state index is 0.0313. The van der Waals surface area contributed by atoms with Crippen molar-refractivity contribution in [2.45, 2.75) is 59.5 Å². The van der Waals surface area contributed by atoms with Gasteiger partial charge in [-0.2, -0.15) is 0 Å². The summed E-state index contributed by atoms with van der Waals surface area (Å²) in [5, 5.41) is 4.42. The van der Waals surface area contributed by atoms with Crippen LogP contribution >= 0.6 is 0 Å². The molecule has 2 aromatic rings. The normalized spacial score (nSPS) is 27.5. The Bertz CT molecular complexity index is 940. The van der Waals surface area contributed by atoms with Gasteiger partial charge in [-0.1, -0.05) is 32.9 Å². The largest absolute Gasteiger partial charge is 0.495 e. The van der Waals surface area contributed by atoms with Gasteiger partial charge in [0.15, 0.2) is 0 Å². The number of hydrogen-bond donors (Lipinski definition) is 1. The summed E-state index contributed by atoms with van der Waals surface area (Å²) in [5.41, 5.74) is 3.02. The zero-order valence-corrected chi connectivity index (χ0v) is 18.6. The van der Waals surface area contributed by atoms with Crippen molar-refractivity contribution in [1.82, 2.24) is 9.88 Å². The first-order chi connectivity index (χ1) is 13.7. The summed E-state index contributed by atoms with van der Waals surface area (Å²) in [6, 6.07) is 6.13. The van der Waals surface area contributed by atoms with Crippen LogP contribution in [0.4, 0.5) is 0 Å². The number of aromatic nitrogens is 1. The molecular formula is C24H34N2O3. The van der Waals surface area contributed by atoms with Gasteiger partial charge in [-0.15, -0.1) is 0 Å². The van der Waals surface area contributed by atoms with Gasteiger partial charge in [0.1, 0.15) is 5.75 Å². The van der Waals surface area contributed by atoms with Crippen LogP contribution in [0.1, 0.15) is 56.1 Å². The SMILES string of the molecule is COCCn1c(C)c(C(=O)N[C@@H]2C(C)(C)C3CC[C@@]2(C)C3)c2cccc(OC)c21. The second-order valence-corrected chi connectivity index (χ2v) is 9.78. The lowest BCUT2D eigenvalue weighted by Crippen LogP contribution is -2.52. The molecule has 4 rings (SSSR count). The number of ether oxygens (including phenoxy) is 2. The predicted octanol–water partition coefficient (Wildman–Crippen LogP) is 4.55. The molecule has 2 aliphatic rings. The minimum absolute atomic E-state index is 0.0313. The van der Waals surface area contributed by atoms with Gasteiger partial charge in [0.2, 0.25) is 0 Å². The van der Waals surface area contributed by atoms with Gasteiger partial charge >= 0.3 is 0 Å². The van der Waals surface area contributed by atoms with E-state index < -0.39 is 0 Å². The minimum Gasteiger partial charge on any atom is -0.495 e. The highest BCUT2D eigenvalue weighted by molar-refractivity contribution is 6.09. The average Bonchev–Trinajstić information content (AvgIpc) is 3.27. The lowest BCUT2D eigenvalue weighted by Gasteiger charge is -2.43. The molecule has 0 saturated heterocycles. The summed E-state index contributed by atoms with van der Waals surface area (Å²) >= 11 is 0. The fourth-order valence-corrected chi connectivity index (χ4v) is 6.28. The topological polar surface area (TPSA) is 52.5 Å². The molecule has 3 atom stereocenters. The first-order valence-corrected chi connectivity index (χ1v) is 10.7. The van der Waals surface area contributed by atoms with E-state index in [0.717, 1.165) is 27.9 Å². The lowest BCUT2D eigenvalue weighted by atomic mass is 9.68. The summed E-state index contributed by atoms with van der Waals surface area (Å²) in [6.07, 6.45) is 3.70. The molecule has 1 aromatic heterocycles. The van der Waals surface area contributed by atoms with Crippen LogP contribution in [0.2, 0.25) is 0 Å². The third-order valence-corrected chi connectivity index (χ3v) is 7.82. The van der Waals surface area contributed by atoms with Crippen LogP contribution in [0.3, 0.4) is 0 Å². The van der Waals surface area contributed by atoms with Crippen LogP contribution in [0.25, 0.3) is 10.9 Å². The number of nitrogens with zero attached hydrogens (tertiary/aromatic N) is 1. The van der Waals surface area contributed by atoms with E-state index in [1.165, 1.54) is 19.3 Å². The zero-order chi connectivity index (χ0) is 21.0. The van der Waals surface area contributed by atoms with Gasteiger partial charge in [-0.05, 0) is 49.0 Å². The van der Waals surface area contributed by atoms with E-state index in [9.17, 15) is 4.79 Å². The molecule has 158 valence electrons. The fourth-order valence-electron chi connectivity index (χ4n) is 6.28. The van der Waals surface area contributed by atoms with Crippen LogP contribution < -0.4 is 10.1 Å². The summed E-state index contributed by atoms with van der Waals surface area (Å²) in [4.78, 5) is 13.6. The highest BCUT2D eigenvalue weighted by atomic mass is 16.5. The molecule has 5 heteroatoms. The molecule has 2 fully saturated rings. The molecule has 2 saturated carbocycles. The predicted molar refractivity (Wildman–Crippen MR) is 116 cm³/mol. The van der Waals surface area contributed by atoms with Crippen molar-refractivity contribution in [3.05, 3.63) is 29.5 Å². The fraction of sp³-hybridized carbons (Fsp3) is 0.625. The van der Waals surface area contributed by atoms with Crippen molar-refractivity contribution in [3.63, 3.8) is 0 Å². The molecule has 0 aliphatic heterocycles. The number of methoxy groups -OCH3 is 2. The van der Waals surface area contributed by atoms with Crippen molar-refractivity contribution in [2.24, 2.45) is 16.7 Å². The number of nitrogens with one attached hydrogen (secondary N) is 1. The van der Waals surface area contributed by atoms with E-state index in [1.54, 1.807) is 14.2 Å². The molecular weight excluding hydrogens is 364 g/mol. The number of rotatable bonds is 6. The van der Waals surface area contributed by atoms with Crippen molar-refractivity contribution in [2.75, 3.05) is 20.8 Å². The number of benzene rings is 1. The van der Waals surface area contributed by atoms with Gasteiger partial charge in [0, 0.05) is 30.8 Å². The molecule has 0 radical (unpaired) electrons. The quantitative estimate of drug-likeness (QED) is 0.777. The van der Waals surface area contributed by atoms with E-state index >= 15 is 0 Å². The maximum absolute atomic E-state index is 13.6. The first-order valence-electron chi connectivity index (χ1n) is 10.7. The van der Waals surface area contributed by atoms with Crippen molar-refractivity contribution < 1.29 is 14.3 Å². The third-order valence-electron chi connectivity index (χ3n) is 7.82. The molecule has 1 amide bonds. The van der Waals surface area contributed by atoms with E-state index in [0.29, 0.717) is 19.1 Å². The number of amides is 1. The molecule has 1 heterocycles. The molecule has 29 heavy (non-hydrogen) atoms. The van der Waals surface area contributed by atoms with Crippen molar-refractivity contribution in [1.29, 1.82) is 0 Å². The van der Waals surface area contributed by atoms with Gasteiger partial charge in [0.05, 0.1) is 24.8 Å². The van der Waals surface area contributed by atoms with E-state index in [2.05, 4.69) is 30.7 Å². The van der Waals surface area contributed by atoms with Gasteiger partial charge in [-0.25, -0.2) is 0 Å². The Kier molecular flexibility index (Phi) is 4.93. The molecule has 1 aromatic carbocycles. The monoisotopic (exact) mass is 398 g/mol. The molecule has 2 bridgehead atoms. The van der Waals surface area contributed by atoms with Crippen LogP contribution in [0.15, 0.2) is 18.2 Å². The zero-order valence-electron chi connectivity index (χ0n) is 18.6. The molecule has 2 aliphatic carbocycles. The van der Waals surface area contributed by atoms with Crippen LogP contribution in [-0.4, -0.2) is 37.3 Å². The first kappa shape index (κ1) is 20.3. The second kappa shape index (κ2) is 7.05. The average molecular weight is 399 g/mol. The number of hydrogen-bond acceptors (Lipinski definition) is 3. The molecule has 1 N–H and O–H groups in total. The van der Waals surface area contributed by atoms with Crippen LogP contribution in [0.5, 0.6) is 5.75 Å². The Hall–Kier alpha value is -2.01. The summed E-state index contributed by atoms with van der Waals surface area (Å²) in [5.74, 6) is 1.51. The van der Waals surface area contributed by atoms with E-state index in [4.69, 9.17) is 9.47 Å². The summed E-state index contributed by atoms with van der Waals surface area (Å²) in [7, 11) is 3.37. The number of para-hydroxylation sites is 1. The Labute approximate surface area is 173 Å². The lowest BCUT2D eigenvalue weighted by molar-refractivity contribution is 0.0738. The maximum atomic E-state index is 13.6. The number of carbonyl (C=O) groups is 1. The number of fused-ring (bicyclic) bond motifs is 3. The van der Waals surface area contributed by atoms with Crippen molar-refractivity contribution in [3.8, 4) is 5.75 Å². The molecule has 5 nitrogen and oxygen atoms in total. The van der Waals surface area contributed by atoms with Gasteiger partial charge < -0.3 is 19.4 Å². The summed E-state index contributed by atoms with van der Waals surface area (Å²) < 4.78 is 13.1.